The second-order valence-electron chi connectivity index (χ2n) is 6.10. The zero-order valence-corrected chi connectivity index (χ0v) is 13.6. The van der Waals surface area contributed by atoms with Crippen LogP contribution in [0.25, 0.3) is 5.69 Å². The molecule has 2 aromatic carbocycles. The van der Waals surface area contributed by atoms with Crippen molar-refractivity contribution in [2.75, 3.05) is 7.11 Å². The third kappa shape index (κ3) is 2.73. The lowest BCUT2D eigenvalue weighted by molar-refractivity contribution is 0.414. The first-order valence-electron chi connectivity index (χ1n) is 8.14. The van der Waals surface area contributed by atoms with Gasteiger partial charge in [-0.3, -0.25) is 0 Å². The van der Waals surface area contributed by atoms with Gasteiger partial charge in [-0.05, 0) is 42.7 Å². The second kappa shape index (κ2) is 6.00. The molecule has 3 aromatic rings. The average Bonchev–Trinajstić information content (AvgIpc) is 3.41. The lowest BCUT2D eigenvalue weighted by atomic mass is 10.2. The third-order valence-corrected chi connectivity index (χ3v) is 4.29. The van der Waals surface area contributed by atoms with Gasteiger partial charge in [0.25, 0.3) is 0 Å². The average molecular weight is 321 g/mol. The highest BCUT2D eigenvalue weighted by Gasteiger charge is 2.31. The van der Waals surface area contributed by atoms with Crippen LogP contribution in [-0.2, 0) is 6.54 Å². The van der Waals surface area contributed by atoms with Crippen molar-refractivity contribution >= 4 is 0 Å². The lowest BCUT2D eigenvalue weighted by Gasteiger charge is -2.04. The minimum absolute atomic E-state index is 0.0917. The maximum atomic E-state index is 12.9. The third-order valence-electron chi connectivity index (χ3n) is 4.29. The van der Waals surface area contributed by atoms with Gasteiger partial charge in [-0.2, -0.15) is 5.10 Å². The summed E-state index contributed by atoms with van der Waals surface area (Å²) in [4.78, 5) is 12.9. The first-order valence-corrected chi connectivity index (χ1v) is 8.14. The van der Waals surface area contributed by atoms with Crippen LogP contribution in [0.3, 0.4) is 0 Å². The van der Waals surface area contributed by atoms with E-state index in [-0.39, 0.29) is 5.69 Å². The second-order valence-corrected chi connectivity index (χ2v) is 6.10. The molecule has 1 heterocycles. The summed E-state index contributed by atoms with van der Waals surface area (Å²) < 4.78 is 8.56. The van der Waals surface area contributed by atoms with Crippen LogP contribution in [0.15, 0.2) is 59.4 Å². The number of aromatic nitrogens is 3. The summed E-state index contributed by atoms with van der Waals surface area (Å²) in [7, 11) is 1.64. The molecule has 0 unspecified atom stereocenters. The van der Waals surface area contributed by atoms with E-state index in [1.54, 1.807) is 16.4 Å². The topological polar surface area (TPSA) is 49.0 Å². The lowest BCUT2D eigenvalue weighted by Crippen LogP contribution is -2.24. The molecule has 1 saturated carbocycles. The molecule has 5 nitrogen and oxygen atoms in total. The van der Waals surface area contributed by atoms with Gasteiger partial charge in [0.2, 0.25) is 0 Å². The fourth-order valence-electron chi connectivity index (χ4n) is 2.90. The van der Waals surface area contributed by atoms with E-state index < -0.39 is 0 Å². The van der Waals surface area contributed by atoms with E-state index in [4.69, 9.17) is 4.74 Å². The van der Waals surface area contributed by atoms with Crippen LogP contribution in [0, 0.1) is 0 Å². The maximum Gasteiger partial charge on any atom is 0.350 e. The fourth-order valence-corrected chi connectivity index (χ4v) is 2.90. The van der Waals surface area contributed by atoms with E-state index in [1.165, 1.54) is 0 Å². The van der Waals surface area contributed by atoms with Crippen LogP contribution in [-0.4, -0.2) is 21.5 Å². The fraction of sp³-hybridized carbons (Fsp3) is 0.263. The standard InChI is InChI=1S/C19H19N3O2/c1-24-17-9-5-6-14(12-17)13-21-19(23)22(16-7-3-2-4-8-16)18(20-21)15-10-11-15/h2-9,12,15H,10-11,13H2,1H3. The van der Waals surface area contributed by atoms with Gasteiger partial charge in [0.05, 0.1) is 19.3 Å². The summed E-state index contributed by atoms with van der Waals surface area (Å²) >= 11 is 0. The summed E-state index contributed by atoms with van der Waals surface area (Å²) in [6.07, 6.45) is 2.20. The SMILES string of the molecule is COc1cccc(Cn2nc(C3CC3)n(-c3ccccc3)c2=O)c1. The van der Waals surface area contributed by atoms with Crippen LogP contribution < -0.4 is 10.4 Å². The molecular formula is C19H19N3O2. The van der Waals surface area contributed by atoms with Gasteiger partial charge in [0, 0.05) is 5.92 Å². The summed E-state index contributed by atoms with van der Waals surface area (Å²) in [6, 6.07) is 17.5. The minimum Gasteiger partial charge on any atom is -0.497 e. The van der Waals surface area contributed by atoms with E-state index in [2.05, 4.69) is 5.10 Å². The highest BCUT2D eigenvalue weighted by atomic mass is 16.5. The Kier molecular flexibility index (Phi) is 3.69. The molecular weight excluding hydrogens is 302 g/mol. The first-order chi connectivity index (χ1) is 11.8. The van der Waals surface area contributed by atoms with Gasteiger partial charge in [-0.25, -0.2) is 14.0 Å². The van der Waals surface area contributed by atoms with Crippen LogP contribution in [0.1, 0.15) is 30.1 Å². The van der Waals surface area contributed by atoms with Crippen molar-refractivity contribution in [1.82, 2.24) is 14.3 Å². The van der Waals surface area contributed by atoms with Gasteiger partial charge in [-0.15, -0.1) is 0 Å². The number of hydrogen-bond donors (Lipinski definition) is 0. The minimum atomic E-state index is -0.0917. The van der Waals surface area contributed by atoms with E-state index >= 15 is 0 Å². The zero-order valence-electron chi connectivity index (χ0n) is 13.6. The molecule has 122 valence electrons. The Morgan fingerprint density at radius 2 is 1.92 bits per heavy atom. The van der Waals surface area contributed by atoms with E-state index in [0.29, 0.717) is 12.5 Å². The predicted octanol–water partition coefficient (Wildman–Crippen LogP) is 2.97. The Morgan fingerprint density at radius 1 is 1.12 bits per heavy atom. The zero-order chi connectivity index (χ0) is 16.5. The largest absolute Gasteiger partial charge is 0.497 e. The molecule has 0 radical (unpaired) electrons. The van der Waals surface area contributed by atoms with Gasteiger partial charge < -0.3 is 4.74 Å². The van der Waals surface area contributed by atoms with Gasteiger partial charge in [0.15, 0.2) is 0 Å². The number of nitrogens with zero attached hydrogens (tertiary/aromatic N) is 3. The molecule has 24 heavy (non-hydrogen) atoms. The smallest absolute Gasteiger partial charge is 0.350 e. The molecule has 5 heteroatoms. The summed E-state index contributed by atoms with van der Waals surface area (Å²) in [5.41, 5.74) is 1.78. The highest BCUT2D eigenvalue weighted by molar-refractivity contribution is 5.34. The monoisotopic (exact) mass is 321 g/mol. The van der Waals surface area contributed by atoms with Crippen molar-refractivity contribution in [3.05, 3.63) is 76.5 Å². The Balaban J connectivity index is 1.75. The van der Waals surface area contributed by atoms with Crippen LogP contribution in [0.2, 0.25) is 0 Å². The summed E-state index contributed by atoms with van der Waals surface area (Å²) in [5, 5.41) is 4.63. The summed E-state index contributed by atoms with van der Waals surface area (Å²) in [5.74, 6) is 2.05. The van der Waals surface area contributed by atoms with E-state index in [0.717, 1.165) is 35.7 Å². The van der Waals surface area contributed by atoms with Gasteiger partial charge in [-0.1, -0.05) is 30.3 Å². The number of hydrogen-bond acceptors (Lipinski definition) is 3. The molecule has 0 spiro atoms. The van der Waals surface area contributed by atoms with E-state index in [9.17, 15) is 4.79 Å². The van der Waals surface area contributed by atoms with Crippen molar-refractivity contribution < 1.29 is 4.74 Å². The molecule has 0 aliphatic heterocycles. The normalized spacial score (nSPS) is 13.9. The van der Waals surface area contributed by atoms with Crippen molar-refractivity contribution in [2.24, 2.45) is 0 Å². The Bertz CT molecular complexity index is 908. The van der Waals surface area contributed by atoms with Crippen molar-refractivity contribution in [3.8, 4) is 11.4 Å². The van der Waals surface area contributed by atoms with Crippen LogP contribution >= 0.6 is 0 Å². The molecule has 1 aliphatic carbocycles. The molecule has 1 fully saturated rings. The number of methoxy groups -OCH3 is 1. The quantitative estimate of drug-likeness (QED) is 0.726. The van der Waals surface area contributed by atoms with Crippen LogP contribution in [0.4, 0.5) is 0 Å². The van der Waals surface area contributed by atoms with Gasteiger partial charge in [0.1, 0.15) is 11.6 Å². The Labute approximate surface area is 140 Å². The highest BCUT2D eigenvalue weighted by Crippen LogP contribution is 2.39. The molecule has 4 rings (SSSR count). The molecule has 1 aliphatic rings. The number of benzene rings is 2. The molecule has 0 atom stereocenters. The predicted molar refractivity (Wildman–Crippen MR) is 91.9 cm³/mol. The molecule has 0 saturated heterocycles. The van der Waals surface area contributed by atoms with E-state index in [1.807, 2.05) is 54.6 Å². The summed E-state index contributed by atoms with van der Waals surface area (Å²) in [6.45, 7) is 0.440. The molecule has 0 bridgehead atoms. The maximum absolute atomic E-state index is 12.9. The van der Waals surface area contributed by atoms with Crippen molar-refractivity contribution in [3.63, 3.8) is 0 Å². The van der Waals surface area contributed by atoms with Crippen LogP contribution in [0.5, 0.6) is 5.75 Å². The molecule has 0 amide bonds. The Morgan fingerprint density at radius 3 is 2.62 bits per heavy atom. The number of ether oxygens (including phenoxy) is 1. The van der Waals surface area contributed by atoms with Gasteiger partial charge >= 0.3 is 5.69 Å². The number of rotatable bonds is 5. The van der Waals surface area contributed by atoms with Crippen molar-refractivity contribution in [1.29, 1.82) is 0 Å². The molecule has 1 aromatic heterocycles. The number of para-hydroxylation sites is 1. The Hall–Kier alpha value is -2.82. The first kappa shape index (κ1) is 14.8. The van der Waals surface area contributed by atoms with Crippen molar-refractivity contribution in [2.45, 2.75) is 25.3 Å². The molecule has 0 N–H and O–H groups in total.